The summed E-state index contributed by atoms with van der Waals surface area (Å²) < 4.78 is 35.4. The number of hydrazine groups is 1. The number of alkyl halides is 2. The highest BCUT2D eigenvalue weighted by Gasteiger charge is 2.36. The topological polar surface area (TPSA) is 149 Å². The third-order valence-corrected chi connectivity index (χ3v) is 5.49. The van der Waals surface area contributed by atoms with E-state index in [2.05, 4.69) is 28.9 Å². The van der Waals surface area contributed by atoms with Gasteiger partial charge in [0.15, 0.2) is 0 Å². The van der Waals surface area contributed by atoms with Gasteiger partial charge < -0.3 is 25.5 Å². The number of carboxylic acids is 1. The van der Waals surface area contributed by atoms with Crippen molar-refractivity contribution in [1.29, 1.82) is 0 Å². The number of anilines is 1. The molecule has 0 radical (unpaired) electrons. The molecule has 0 aromatic carbocycles. The summed E-state index contributed by atoms with van der Waals surface area (Å²) >= 11 is 0. The monoisotopic (exact) mass is 524 g/mol. The van der Waals surface area contributed by atoms with Crippen LogP contribution in [0.1, 0.15) is 51.9 Å². The van der Waals surface area contributed by atoms with Gasteiger partial charge in [-0.25, -0.2) is 24.3 Å². The lowest BCUT2D eigenvalue weighted by atomic mass is 10.1. The fourth-order valence-corrected chi connectivity index (χ4v) is 3.85. The molecular formula is C24H38F2N8O3. The van der Waals surface area contributed by atoms with E-state index >= 15 is 0 Å². The smallest absolute Gasteiger partial charge is 0.315 e. The van der Waals surface area contributed by atoms with E-state index in [-0.39, 0.29) is 19.6 Å². The summed E-state index contributed by atoms with van der Waals surface area (Å²) in [5.41, 5.74) is 9.24. The van der Waals surface area contributed by atoms with Crippen LogP contribution >= 0.6 is 0 Å². The number of carbonyl (C=O) groups is 1. The van der Waals surface area contributed by atoms with Gasteiger partial charge in [0.05, 0.1) is 35.0 Å². The van der Waals surface area contributed by atoms with E-state index in [1.165, 1.54) is 11.3 Å². The van der Waals surface area contributed by atoms with Crippen molar-refractivity contribution in [2.24, 2.45) is 17.5 Å². The first-order valence-corrected chi connectivity index (χ1v) is 12.1. The fraction of sp³-hybridized carbons (Fsp3) is 0.583. The standard InChI is InChI=1S/C22H34F2N8O.C2H4O2/c1-5-16-18(31-10-6-9-22(23,24)13-31)8-7-17(29-16)20(25)19(30(4)26)12-33-21-27-14-28-32(21)11-15(2)3;1-2(3)4/h7-8,14-15H,5-6,9-13,25-26H2,1-4H3;1H3,(H,3,4)/b20-19-;. The number of piperidine rings is 1. The van der Waals surface area contributed by atoms with Gasteiger partial charge in [0, 0.05) is 33.5 Å². The van der Waals surface area contributed by atoms with E-state index in [1.807, 2.05) is 13.0 Å². The van der Waals surface area contributed by atoms with E-state index in [0.29, 0.717) is 66.3 Å². The molecule has 1 saturated heterocycles. The third kappa shape index (κ3) is 8.85. The van der Waals surface area contributed by atoms with Crippen molar-refractivity contribution < 1.29 is 23.4 Å². The normalized spacial score (nSPS) is 15.5. The first-order valence-electron chi connectivity index (χ1n) is 12.1. The van der Waals surface area contributed by atoms with Gasteiger partial charge in [-0.1, -0.05) is 20.8 Å². The highest BCUT2D eigenvalue weighted by atomic mass is 19.3. The van der Waals surface area contributed by atoms with Crippen molar-refractivity contribution in [3.05, 3.63) is 35.5 Å². The Balaban J connectivity index is 0.00000112. The van der Waals surface area contributed by atoms with Crippen LogP contribution in [-0.2, 0) is 17.8 Å². The molecule has 0 atom stereocenters. The van der Waals surface area contributed by atoms with Crippen LogP contribution in [0.5, 0.6) is 6.01 Å². The van der Waals surface area contributed by atoms with E-state index in [4.69, 9.17) is 26.2 Å². The lowest BCUT2D eigenvalue weighted by molar-refractivity contribution is -0.134. The highest BCUT2D eigenvalue weighted by molar-refractivity contribution is 5.65. The van der Waals surface area contributed by atoms with Gasteiger partial charge in [-0.3, -0.25) is 4.79 Å². The summed E-state index contributed by atoms with van der Waals surface area (Å²) in [7, 11) is 1.66. The zero-order chi connectivity index (χ0) is 27.8. The van der Waals surface area contributed by atoms with E-state index in [0.717, 1.165) is 6.92 Å². The number of carboxylic acid groups (broad SMARTS) is 1. The molecule has 0 bridgehead atoms. The molecular weight excluding hydrogens is 486 g/mol. The molecule has 11 nitrogen and oxygen atoms in total. The second kappa shape index (κ2) is 13.2. The molecule has 0 amide bonds. The van der Waals surface area contributed by atoms with E-state index in [9.17, 15) is 8.78 Å². The SMILES string of the molecule is CC(=O)O.CCc1nc(/C(N)=C(\COc2ncnn2CC(C)C)N(C)N)ccc1N1CCCC(F)(F)C1. The molecule has 0 saturated carbocycles. The molecule has 13 heteroatoms. The van der Waals surface area contributed by atoms with Crippen molar-refractivity contribution in [3.63, 3.8) is 0 Å². The van der Waals surface area contributed by atoms with Crippen LogP contribution in [0.3, 0.4) is 0 Å². The quantitative estimate of drug-likeness (QED) is 0.330. The van der Waals surface area contributed by atoms with Crippen molar-refractivity contribution in [1.82, 2.24) is 24.8 Å². The van der Waals surface area contributed by atoms with Crippen molar-refractivity contribution in [2.45, 2.75) is 59.4 Å². The maximum Gasteiger partial charge on any atom is 0.315 e. The van der Waals surface area contributed by atoms with Crippen molar-refractivity contribution in [3.8, 4) is 6.01 Å². The molecule has 0 unspecified atom stereocenters. The van der Waals surface area contributed by atoms with Gasteiger partial charge >= 0.3 is 6.01 Å². The number of aryl methyl sites for hydroxylation is 1. The van der Waals surface area contributed by atoms with E-state index < -0.39 is 11.9 Å². The van der Waals surface area contributed by atoms with Gasteiger partial charge in [-0.15, -0.1) is 0 Å². The van der Waals surface area contributed by atoms with Gasteiger partial charge in [0.1, 0.15) is 12.9 Å². The number of aliphatic carboxylic acids is 1. The maximum atomic E-state index is 13.9. The fourth-order valence-electron chi connectivity index (χ4n) is 3.85. The van der Waals surface area contributed by atoms with Gasteiger partial charge in [0.25, 0.3) is 11.9 Å². The highest BCUT2D eigenvalue weighted by Crippen LogP contribution is 2.32. The first kappa shape index (κ1) is 29.7. The number of ether oxygens (including phenoxy) is 1. The molecule has 3 heterocycles. The summed E-state index contributed by atoms with van der Waals surface area (Å²) in [6.07, 6.45) is 2.39. The Morgan fingerprint density at radius 3 is 2.59 bits per heavy atom. The minimum Gasteiger partial charge on any atom is -0.481 e. The number of nitrogens with zero attached hydrogens (tertiary/aromatic N) is 6. The van der Waals surface area contributed by atoms with Crippen molar-refractivity contribution in [2.75, 3.05) is 31.6 Å². The zero-order valence-corrected chi connectivity index (χ0v) is 22.1. The zero-order valence-electron chi connectivity index (χ0n) is 22.1. The molecule has 1 aliphatic rings. The number of hydrogen-bond acceptors (Lipinski definition) is 9. The average Bonchev–Trinajstić information content (AvgIpc) is 3.23. The number of likely N-dealkylation sites (N-methyl/N-ethyl adjacent to an activating group) is 1. The van der Waals surface area contributed by atoms with Crippen LogP contribution < -0.4 is 21.2 Å². The molecule has 206 valence electrons. The van der Waals surface area contributed by atoms with Crippen LogP contribution in [0.15, 0.2) is 24.2 Å². The molecule has 5 N–H and O–H groups in total. The molecule has 0 aliphatic carbocycles. The molecule has 3 rings (SSSR count). The number of halogens is 2. The number of aromatic nitrogens is 4. The predicted octanol–water partition coefficient (Wildman–Crippen LogP) is 2.73. The minimum atomic E-state index is -2.69. The van der Waals surface area contributed by atoms with Gasteiger partial charge in [-0.2, -0.15) is 10.1 Å². The molecule has 0 spiro atoms. The van der Waals surface area contributed by atoms with Gasteiger partial charge in [-0.05, 0) is 30.9 Å². The van der Waals surface area contributed by atoms with Crippen LogP contribution in [0, 0.1) is 5.92 Å². The number of hydrogen-bond donors (Lipinski definition) is 3. The Morgan fingerprint density at radius 2 is 2.03 bits per heavy atom. The second-order valence-electron chi connectivity index (χ2n) is 9.29. The van der Waals surface area contributed by atoms with Crippen molar-refractivity contribution >= 4 is 17.4 Å². The molecule has 37 heavy (non-hydrogen) atoms. The lowest BCUT2D eigenvalue weighted by Gasteiger charge is -2.35. The Morgan fingerprint density at radius 1 is 1.35 bits per heavy atom. The first-order chi connectivity index (χ1) is 17.3. The summed E-state index contributed by atoms with van der Waals surface area (Å²) in [6.45, 7) is 8.20. The minimum absolute atomic E-state index is 0.0683. The Kier molecular flexibility index (Phi) is 10.6. The summed E-state index contributed by atoms with van der Waals surface area (Å²) in [5.74, 6) is 2.89. The average molecular weight is 525 g/mol. The summed E-state index contributed by atoms with van der Waals surface area (Å²) in [4.78, 5) is 19.5. The Labute approximate surface area is 216 Å². The van der Waals surface area contributed by atoms with Crippen LogP contribution in [0.25, 0.3) is 5.70 Å². The molecule has 1 aliphatic heterocycles. The lowest BCUT2D eigenvalue weighted by Crippen LogP contribution is -2.43. The molecule has 2 aromatic heterocycles. The van der Waals surface area contributed by atoms with E-state index in [1.54, 1.807) is 22.7 Å². The number of rotatable bonds is 9. The molecule has 2 aromatic rings. The number of nitrogens with two attached hydrogens (primary N) is 2. The van der Waals surface area contributed by atoms with Crippen LogP contribution in [-0.4, -0.2) is 68.5 Å². The Hall–Kier alpha value is -3.48. The summed E-state index contributed by atoms with van der Waals surface area (Å²) in [6, 6.07) is 3.92. The number of pyridine rings is 1. The second-order valence-corrected chi connectivity index (χ2v) is 9.29. The summed E-state index contributed by atoms with van der Waals surface area (Å²) in [5, 5.41) is 13.0. The Bertz CT molecular complexity index is 1070. The van der Waals surface area contributed by atoms with Gasteiger partial charge in [0.2, 0.25) is 0 Å². The van der Waals surface area contributed by atoms with Crippen LogP contribution in [0.2, 0.25) is 0 Å². The largest absolute Gasteiger partial charge is 0.481 e. The van der Waals surface area contributed by atoms with Crippen LogP contribution in [0.4, 0.5) is 14.5 Å². The molecule has 1 fully saturated rings. The predicted molar refractivity (Wildman–Crippen MR) is 137 cm³/mol. The third-order valence-electron chi connectivity index (χ3n) is 5.49. The maximum absolute atomic E-state index is 13.9.